The van der Waals surface area contributed by atoms with Crippen LogP contribution in [0.2, 0.25) is 0 Å². The summed E-state index contributed by atoms with van der Waals surface area (Å²) in [6.45, 7) is 6.73. The molecule has 0 aliphatic carbocycles. The molecule has 3 rings (SSSR count). The van der Waals surface area contributed by atoms with Gasteiger partial charge < -0.3 is 20.3 Å². The first kappa shape index (κ1) is 20.3. The Morgan fingerprint density at radius 1 is 1.31 bits per heavy atom. The predicted molar refractivity (Wildman–Crippen MR) is 109 cm³/mol. The van der Waals surface area contributed by atoms with Gasteiger partial charge in [-0.1, -0.05) is 12.1 Å². The summed E-state index contributed by atoms with van der Waals surface area (Å²) >= 11 is 0. The Morgan fingerprint density at radius 2 is 2.04 bits per heavy atom. The maximum absolute atomic E-state index is 6.12. The highest BCUT2D eigenvalue weighted by atomic mass is 35.5. The van der Waals surface area contributed by atoms with Gasteiger partial charge in [0.05, 0.1) is 6.54 Å². The molecule has 0 amide bonds. The summed E-state index contributed by atoms with van der Waals surface area (Å²) < 4.78 is 6.12. The van der Waals surface area contributed by atoms with Crippen LogP contribution >= 0.6 is 12.4 Å². The molecule has 0 radical (unpaired) electrons. The average Bonchev–Trinajstić information content (AvgIpc) is 3.10. The minimum atomic E-state index is 0. The van der Waals surface area contributed by atoms with E-state index >= 15 is 0 Å². The minimum Gasteiger partial charge on any atom is -0.489 e. The zero-order valence-corrected chi connectivity index (χ0v) is 16.4. The number of aromatic nitrogens is 2. The molecule has 0 unspecified atom stereocenters. The van der Waals surface area contributed by atoms with Crippen LogP contribution in [0.3, 0.4) is 0 Å². The van der Waals surface area contributed by atoms with Crippen LogP contribution in [0.1, 0.15) is 31.9 Å². The van der Waals surface area contributed by atoms with E-state index in [1.54, 1.807) is 0 Å². The third-order valence-electron chi connectivity index (χ3n) is 4.62. The van der Waals surface area contributed by atoms with Crippen molar-refractivity contribution in [1.82, 2.24) is 9.97 Å². The third kappa shape index (κ3) is 4.77. The Kier molecular flexibility index (Phi) is 7.06. The number of hydrogen-bond acceptors (Lipinski definition) is 6. The van der Waals surface area contributed by atoms with Crippen LogP contribution in [0.25, 0.3) is 0 Å². The van der Waals surface area contributed by atoms with Crippen molar-refractivity contribution in [3.05, 3.63) is 42.1 Å². The van der Waals surface area contributed by atoms with Crippen LogP contribution in [-0.2, 0) is 0 Å². The first-order valence-electron chi connectivity index (χ1n) is 8.88. The third-order valence-corrected chi connectivity index (χ3v) is 4.62. The lowest BCUT2D eigenvalue weighted by molar-refractivity contribution is 0.225. The Hall–Kier alpha value is -2.05. The molecule has 26 heavy (non-hydrogen) atoms. The lowest BCUT2D eigenvalue weighted by Crippen LogP contribution is -2.26. The minimum absolute atomic E-state index is 0. The van der Waals surface area contributed by atoms with Gasteiger partial charge in [-0.25, -0.2) is 4.98 Å². The largest absolute Gasteiger partial charge is 0.489 e. The van der Waals surface area contributed by atoms with Crippen LogP contribution in [-0.4, -0.2) is 42.8 Å². The van der Waals surface area contributed by atoms with Gasteiger partial charge >= 0.3 is 0 Å². The molecule has 1 aromatic carbocycles. The van der Waals surface area contributed by atoms with E-state index in [-0.39, 0.29) is 24.6 Å². The van der Waals surface area contributed by atoms with Crippen molar-refractivity contribution >= 4 is 24.2 Å². The molecule has 2 heterocycles. The molecule has 1 aromatic heterocycles. The van der Waals surface area contributed by atoms with E-state index in [0.717, 1.165) is 49.1 Å². The number of nitrogens with zero attached hydrogens (tertiary/aromatic N) is 4. The van der Waals surface area contributed by atoms with E-state index < -0.39 is 0 Å². The number of rotatable bonds is 6. The van der Waals surface area contributed by atoms with Gasteiger partial charge in [-0.05, 0) is 37.6 Å². The first-order valence-corrected chi connectivity index (χ1v) is 8.88. The fraction of sp³-hybridized carbons (Fsp3) is 0.474. The maximum Gasteiger partial charge on any atom is 0.226 e. The van der Waals surface area contributed by atoms with Crippen molar-refractivity contribution in [2.24, 2.45) is 5.73 Å². The highest BCUT2D eigenvalue weighted by Crippen LogP contribution is 2.24. The molecule has 6 nitrogen and oxygen atoms in total. The second-order valence-corrected chi connectivity index (χ2v) is 6.56. The molecular formula is C19H28ClN5O. The molecule has 0 bridgehead atoms. The molecule has 0 saturated carbocycles. The van der Waals surface area contributed by atoms with E-state index in [1.165, 1.54) is 0 Å². The van der Waals surface area contributed by atoms with Crippen LogP contribution < -0.4 is 20.3 Å². The van der Waals surface area contributed by atoms with Crippen LogP contribution in [0, 0.1) is 0 Å². The topological polar surface area (TPSA) is 67.5 Å². The number of anilines is 2. The second-order valence-electron chi connectivity index (χ2n) is 6.56. The summed E-state index contributed by atoms with van der Waals surface area (Å²) in [7, 11) is 2.00. The summed E-state index contributed by atoms with van der Waals surface area (Å²) in [5.74, 6) is 2.62. The smallest absolute Gasteiger partial charge is 0.226 e. The maximum atomic E-state index is 6.12. The van der Waals surface area contributed by atoms with Gasteiger partial charge in [-0.3, -0.25) is 0 Å². The predicted octanol–water partition coefficient (Wildman–Crippen LogP) is 3.03. The normalized spacial score (nSPS) is 17.5. The Labute approximate surface area is 161 Å². The molecule has 2 aromatic rings. The summed E-state index contributed by atoms with van der Waals surface area (Å²) in [6.07, 6.45) is 2.98. The van der Waals surface area contributed by atoms with E-state index in [9.17, 15) is 0 Å². The number of hydrogen-bond donors (Lipinski definition) is 1. The molecule has 142 valence electrons. The van der Waals surface area contributed by atoms with Crippen molar-refractivity contribution in [2.45, 2.75) is 32.4 Å². The zero-order chi connectivity index (χ0) is 17.8. The Bertz CT molecular complexity index is 695. The molecule has 0 spiro atoms. The summed E-state index contributed by atoms with van der Waals surface area (Å²) in [5.41, 5.74) is 7.01. The van der Waals surface area contributed by atoms with Crippen molar-refractivity contribution in [1.29, 1.82) is 0 Å². The van der Waals surface area contributed by atoms with Crippen molar-refractivity contribution < 1.29 is 4.74 Å². The van der Waals surface area contributed by atoms with Crippen molar-refractivity contribution in [3.8, 4) is 5.75 Å². The van der Waals surface area contributed by atoms with E-state index in [0.29, 0.717) is 0 Å². The standard InChI is InChI=1S/C19H27N5O.ClH/c1-4-23(3)19-21-11-9-18(22-19)24-12-10-17(13-24)25-16-7-5-15(6-8-16)14(2)20;/h5-9,11,14,17H,4,10,12-13,20H2,1-3H3;1H/t14-,17+;/m0./s1. The molecule has 1 fully saturated rings. The Morgan fingerprint density at radius 3 is 2.69 bits per heavy atom. The van der Waals surface area contributed by atoms with Crippen LogP contribution in [0.5, 0.6) is 5.75 Å². The quantitative estimate of drug-likeness (QED) is 0.834. The van der Waals surface area contributed by atoms with Gasteiger partial charge in [0.15, 0.2) is 0 Å². The van der Waals surface area contributed by atoms with E-state index in [2.05, 4.69) is 21.8 Å². The van der Waals surface area contributed by atoms with E-state index in [4.69, 9.17) is 10.5 Å². The molecule has 1 saturated heterocycles. The average molecular weight is 378 g/mol. The van der Waals surface area contributed by atoms with Crippen molar-refractivity contribution in [3.63, 3.8) is 0 Å². The number of nitrogens with two attached hydrogens (primary N) is 1. The Balaban J connectivity index is 0.00000243. The van der Waals surface area contributed by atoms with Gasteiger partial charge in [0.2, 0.25) is 5.95 Å². The zero-order valence-electron chi connectivity index (χ0n) is 15.6. The SMILES string of the molecule is CCN(C)c1nccc(N2CC[C@@H](Oc3ccc([C@H](C)N)cc3)C2)n1.Cl. The summed E-state index contributed by atoms with van der Waals surface area (Å²) in [5, 5.41) is 0. The van der Waals surface area contributed by atoms with Crippen LogP contribution in [0.15, 0.2) is 36.5 Å². The molecular weight excluding hydrogens is 350 g/mol. The molecule has 1 aliphatic rings. The molecule has 7 heteroatoms. The fourth-order valence-corrected chi connectivity index (χ4v) is 2.92. The number of ether oxygens (including phenoxy) is 1. The van der Waals surface area contributed by atoms with Gasteiger partial charge in [-0.15, -0.1) is 12.4 Å². The van der Waals surface area contributed by atoms with E-state index in [1.807, 2.05) is 55.4 Å². The fourth-order valence-electron chi connectivity index (χ4n) is 2.92. The van der Waals surface area contributed by atoms with Crippen molar-refractivity contribution in [2.75, 3.05) is 36.5 Å². The number of benzene rings is 1. The summed E-state index contributed by atoms with van der Waals surface area (Å²) in [4.78, 5) is 13.3. The highest BCUT2D eigenvalue weighted by molar-refractivity contribution is 5.85. The lowest BCUT2D eigenvalue weighted by Gasteiger charge is -2.20. The van der Waals surface area contributed by atoms with Gasteiger partial charge in [-0.2, -0.15) is 4.98 Å². The lowest BCUT2D eigenvalue weighted by atomic mass is 10.1. The van der Waals surface area contributed by atoms with Gasteiger partial charge in [0.25, 0.3) is 0 Å². The second kappa shape index (κ2) is 9.05. The molecule has 1 aliphatic heterocycles. The molecule has 2 atom stereocenters. The van der Waals surface area contributed by atoms with Crippen LogP contribution in [0.4, 0.5) is 11.8 Å². The summed E-state index contributed by atoms with van der Waals surface area (Å²) in [6, 6.07) is 10.1. The monoisotopic (exact) mass is 377 g/mol. The van der Waals surface area contributed by atoms with Gasteiger partial charge in [0.1, 0.15) is 17.7 Å². The van der Waals surface area contributed by atoms with Gasteiger partial charge in [0, 0.05) is 38.8 Å². The highest BCUT2D eigenvalue weighted by Gasteiger charge is 2.25. The molecule has 2 N–H and O–H groups in total. The number of halogens is 1. The first-order chi connectivity index (χ1) is 12.1.